The average Bonchev–Trinajstić information content (AvgIpc) is 3.40. The number of amides is 1. The maximum Gasteiger partial charge on any atom is 0.276 e. The Hall–Kier alpha value is -2.52. The molecule has 0 spiro atoms. The van der Waals surface area contributed by atoms with Gasteiger partial charge in [-0.25, -0.2) is 4.68 Å². The van der Waals surface area contributed by atoms with Crippen LogP contribution in [-0.4, -0.2) is 25.5 Å². The Bertz CT molecular complexity index is 1270. The zero-order valence-electron chi connectivity index (χ0n) is 16.3. The van der Waals surface area contributed by atoms with Crippen molar-refractivity contribution in [2.45, 2.75) is 13.3 Å². The second-order valence-electron chi connectivity index (χ2n) is 6.72. The van der Waals surface area contributed by atoms with Crippen LogP contribution in [0.1, 0.15) is 16.1 Å². The van der Waals surface area contributed by atoms with Crippen molar-refractivity contribution in [3.8, 4) is 5.75 Å². The van der Waals surface area contributed by atoms with E-state index in [2.05, 4.69) is 31.4 Å². The summed E-state index contributed by atoms with van der Waals surface area (Å²) in [6, 6.07) is 12.3. The Morgan fingerprint density at radius 1 is 1.03 bits per heavy atom. The molecule has 4 aromatic rings. The van der Waals surface area contributed by atoms with Gasteiger partial charge in [-0.1, -0.05) is 56.8 Å². The number of halogens is 4. The van der Waals surface area contributed by atoms with E-state index in [1.165, 1.54) is 4.68 Å². The summed E-state index contributed by atoms with van der Waals surface area (Å²) < 4.78 is 9.69. The van der Waals surface area contributed by atoms with E-state index in [1.54, 1.807) is 53.6 Å². The van der Waals surface area contributed by atoms with Crippen molar-refractivity contribution >= 4 is 62.3 Å². The predicted octanol–water partition coefficient (Wildman–Crippen LogP) is 6.14. The number of carbonyl (C=O) groups excluding carboxylic acids is 1. The number of carbonyl (C=O) groups is 1. The fourth-order valence-electron chi connectivity index (χ4n) is 2.82. The van der Waals surface area contributed by atoms with Gasteiger partial charge in [0.25, 0.3) is 5.91 Å². The molecule has 7 nitrogen and oxygen atoms in total. The molecule has 2 heterocycles. The van der Waals surface area contributed by atoms with Gasteiger partial charge < -0.3 is 10.1 Å². The highest BCUT2D eigenvalue weighted by Gasteiger charge is 2.12. The fraction of sp³-hybridized carbons (Fsp3) is 0.0952. The first-order valence-corrected chi connectivity index (χ1v) is 11.2. The minimum absolute atomic E-state index is 0.107. The van der Waals surface area contributed by atoms with Gasteiger partial charge in [-0.3, -0.25) is 9.48 Å². The molecule has 2 aromatic carbocycles. The van der Waals surface area contributed by atoms with Crippen molar-refractivity contribution in [2.75, 3.05) is 5.32 Å². The van der Waals surface area contributed by atoms with Gasteiger partial charge in [0.05, 0.1) is 33.5 Å². The van der Waals surface area contributed by atoms with E-state index < -0.39 is 0 Å². The lowest BCUT2D eigenvalue weighted by molar-refractivity contribution is 0.102. The molecule has 0 fully saturated rings. The number of aromatic nitrogens is 4. The molecule has 0 unspecified atom stereocenters. The molecule has 11 heteroatoms. The summed E-state index contributed by atoms with van der Waals surface area (Å²) in [7, 11) is 0. The van der Waals surface area contributed by atoms with Crippen molar-refractivity contribution in [1.29, 1.82) is 0 Å². The predicted molar refractivity (Wildman–Crippen MR) is 128 cm³/mol. The molecule has 0 radical (unpaired) electrons. The van der Waals surface area contributed by atoms with Gasteiger partial charge in [0, 0.05) is 16.9 Å². The highest BCUT2D eigenvalue weighted by atomic mass is 79.9. The summed E-state index contributed by atoms with van der Waals surface area (Å²) in [5.41, 5.74) is 1.72. The third-order valence-electron chi connectivity index (χ3n) is 4.34. The van der Waals surface area contributed by atoms with Crippen molar-refractivity contribution in [3.63, 3.8) is 0 Å². The van der Waals surface area contributed by atoms with Gasteiger partial charge in [-0.2, -0.15) is 10.2 Å². The molecule has 1 amide bonds. The monoisotopic (exact) mass is 553 g/mol. The first kappa shape index (κ1) is 22.7. The van der Waals surface area contributed by atoms with Crippen LogP contribution in [-0.2, 0) is 13.3 Å². The molecule has 0 bridgehead atoms. The second-order valence-corrected chi connectivity index (χ2v) is 8.86. The normalized spacial score (nSPS) is 10.9. The van der Waals surface area contributed by atoms with E-state index in [0.29, 0.717) is 33.0 Å². The minimum Gasteiger partial charge on any atom is -0.470 e. The lowest BCUT2D eigenvalue weighted by Crippen LogP contribution is -2.14. The molecule has 0 aliphatic rings. The number of hydrogen-bond donors (Lipinski definition) is 1. The van der Waals surface area contributed by atoms with Gasteiger partial charge >= 0.3 is 0 Å². The van der Waals surface area contributed by atoms with Gasteiger partial charge in [0.15, 0.2) is 12.4 Å². The van der Waals surface area contributed by atoms with Crippen LogP contribution in [0.2, 0.25) is 15.1 Å². The van der Waals surface area contributed by atoms with Crippen LogP contribution in [0.5, 0.6) is 5.75 Å². The first-order chi connectivity index (χ1) is 15.4. The maximum absolute atomic E-state index is 12.5. The van der Waals surface area contributed by atoms with Gasteiger partial charge in [-0.05, 0) is 42.0 Å². The number of nitrogens with one attached hydrogen (secondary N) is 1. The highest BCUT2D eigenvalue weighted by molar-refractivity contribution is 9.10. The third-order valence-corrected chi connectivity index (χ3v) is 5.87. The van der Waals surface area contributed by atoms with E-state index in [1.807, 2.05) is 12.1 Å². The summed E-state index contributed by atoms with van der Waals surface area (Å²) in [6.45, 7) is 0.591. The van der Waals surface area contributed by atoms with Gasteiger partial charge in [0.2, 0.25) is 0 Å². The lowest BCUT2D eigenvalue weighted by Gasteiger charge is -2.08. The topological polar surface area (TPSA) is 74.0 Å². The van der Waals surface area contributed by atoms with Crippen LogP contribution in [0.25, 0.3) is 0 Å². The molecular weight excluding hydrogens is 541 g/mol. The van der Waals surface area contributed by atoms with E-state index in [4.69, 9.17) is 39.5 Å². The van der Waals surface area contributed by atoms with E-state index in [-0.39, 0.29) is 18.3 Å². The van der Waals surface area contributed by atoms with E-state index in [9.17, 15) is 4.79 Å². The van der Waals surface area contributed by atoms with E-state index >= 15 is 0 Å². The Balaban J connectivity index is 1.34. The average molecular weight is 556 g/mol. The number of anilines is 1. The number of rotatable bonds is 7. The summed E-state index contributed by atoms with van der Waals surface area (Å²) in [6.07, 6.45) is 4.93. The van der Waals surface area contributed by atoms with Crippen LogP contribution in [0.4, 0.5) is 5.69 Å². The number of ether oxygens (including phenoxy) is 1. The third kappa shape index (κ3) is 5.63. The summed E-state index contributed by atoms with van der Waals surface area (Å²) in [4.78, 5) is 12.5. The largest absolute Gasteiger partial charge is 0.470 e. The molecular formula is C21H15BrCl3N5O2. The van der Waals surface area contributed by atoms with Crippen LogP contribution in [0.15, 0.2) is 65.5 Å². The zero-order chi connectivity index (χ0) is 22.7. The van der Waals surface area contributed by atoms with Crippen molar-refractivity contribution < 1.29 is 9.53 Å². The minimum atomic E-state index is -0.362. The molecule has 32 heavy (non-hydrogen) atoms. The molecule has 2 aromatic heterocycles. The first-order valence-electron chi connectivity index (χ1n) is 9.26. The number of benzene rings is 2. The molecule has 4 rings (SSSR count). The van der Waals surface area contributed by atoms with Gasteiger partial charge in [-0.15, -0.1) is 0 Å². The van der Waals surface area contributed by atoms with Crippen LogP contribution in [0, 0.1) is 0 Å². The summed E-state index contributed by atoms with van der Waals surface area (Å²) in [5, 5.41) is 12.7. The van der Waals surface area contributed by atoms with E-state index in [0.717, 1.165) is 10.0 Å². The molecule has 0 aliphatic heterocycles. The quantitative estimate of drug-likeness (QED) is 0.297. The summed E-state index contributed by atoms with van der Waals surface area (Å²) in [5.74, 6) is 0.158. The molecule has 0 aliphatic carbocycles. The molecule has 0 atom stereocenters. The molecule has 1 N–H and O–H groups in total. The Morgan fingerprint density at radius 3 is 2.66 bits per heavy atom. The van der Waals surface area contributed by atoms with Crippen molar-refractivity contribution in [2.24, 2.45) is 0 Å². The molecule has 164 valence electrons. The van der Waals surface area contributed by atoms with Crippen LogP contribution in [0.3, 0.4) is 0 Å². The standard InChI is InChI=1S/C21H15BrCl3N5O2/c22-14-2-4-20(18(25)8-14)32-12-29-6-5-19(28-29)21(31)27-15-9-26-30(11-15)10-13-1-3-16(23)17(24)7-13/h1-9,11H,10,12H2,(H,27,31). The second kappa shape index (κ2) is 9.95. The Morgan fingerprint density at radius 2 is 1.88 bits per heavy atom. The molecule has 0 saturated heterocycles. The SMILES string of the molecule is O=C(Nc1cnn(Cc2ccc(Cl)c(Cl)c2)c1)c1ccn(COc2ccc(Br)cc2Cl)n1. The smallest absolute Gasteiger partial charge is 0.276 e. The Labute approximate surface area is 207 Å². The number of nitrogens with zero attached hydrogens (tertiary/aromatic N) is 4. The molecule has 0 saturated carbocycles. The van der Waals surface area contributed by atoms with Crippen molar-refractivity contribution in [3.05, 3.63) is 91.9 Å². The maximum atomic E-state index is 12.5. The summed E-state index contributed by atoms with van der Waals surface area (Å²) >= 11 is 21.5. The highest BCUT2D eigenvalue weighted by Crippen LogP contribution is 2.28. The van der Waals surface area contributed by atoms with Crippen LogP contribution < -0.4 is 10.1 Å². The van der Waals surface area contributed by atoms with Crippen LogP contribution >= 0.6 is 50.7 Å². The Kier molecular flexibility index (Phi) is 7.05. The lowest BCUT2D eigenvalue weighted by atomic mass is 10.2. The van der Waals surface area contributed by atoms with Gasteiger partial charge in [0.1, 0.15) is 5.75 Å². The van der Waals surface area contributed by atoms with Crippen molar-refractivity contribution in [1.82, 2.24) is 19.6 Å². The number of hydrogen-bond acceptors (Lipinski definition) is 4. The fourth-order valence-corrected chi connectivity index (χ4v) is 3.87. The zero-order valence-corrected chi connectivity index (χ0v) is 20.2.